The van der Waals surface area contributed by atoms with E-state index in [9.17, 15) is 9.59 Å². The van der Waals surface area contributed by atoms with E-state index < -0.39 is 11.6 Å². The SMILES string of the molecule is Cn1cc(C2(C)NC(=O)N(CC=C(Cl)Cl)C2=O)cn1. The maximum absolute atomic E-state index is 12.4. The highest BCUT2D eigenvalue weighted by molar-refractivity contribution is 6.55. The van der Waals surface area contributed by atoms with Crippen LogP contribution < -0.4 is 5.32 Å². The number of hydrogen-bond donors (Lipinski definition) is 1. The van der Waals surface area contributed by atoms with Crippen LogP contribution in [0.4, 0.5) is 4.79 Å². The zero-order valence-electron chi connectivity index (χ0n) is 10.4. The number of nitrogens with zero attached hydrogens (tertiary/aromatic N) is 3. The second-order valence-electron chi connectivity index (χ2n) is 4.37. The molecule has 1 fully saturated rings. The number of rotatable bonds is 3. The molecule has 102 valence electrons. The Hall–Kier alpha value is -1.53. The van der Waals surface area contributed by atoms with Gasteiger partial charge in [0.1, 0.15) is 10.0 Å². The van der Waals surface area contributed by atoms with Gasteiger partial charge in [-0.25, -0.2) is 4.79 Å². The minimum atomic E-state index is -1.11. The first-order chi connectivity index (χ1) is 8.84. The van der Waals surface area contributed by atoms with Crippen LogP contribution in [0, 0.1) is 0 Å². The summed E-state index contributed by atoms with van der Waals surface area (Å²) >= 11 is 11.0. The van der Waals surface area contributed by atoms with E-state index in [1.807, 2.05) is 0 Å². The van der Waals surface area contributed by atoms with E-state index in [1.165, 1.54) is 6.08 Å². The third-order valence-corrected chi connectivity index (χ3v) is 3.29. The Labute approximate surface area is 120 Å². The highest BCUT2D eigenvalue weighted by Crippen LogP contribution is 2.28. The van der Waals surface area contributed by atoms with E-state index in [0.717, 1.165) is 4.90 Å². The molecule has 8 heteroatoms. The van der Waals surface area contributed by atoms with Crippen LogP contribution in [-0.4, -0.2) is 33.2 Å². The van der Waals surface area contributed by atoms with Gasteiger partial charge in [-0.3, -0.25) is 14.4 Å². The van der Waals surface area contributed by atoms with Gasteiger partial charge in [-0.2, -0.15) is 5.10 Å². The lowest BCUT2D eigenvalue weighted by atomic mass is 9.95. The number of halogens is 2. The van der Waals surface area contributed by atoms with Crippen molar-refractivity contribution in [3.8, 4) is 0 Å². The Balaban J connectivity index is 2.29. The Bertz CT molecular complexity index is 565. The lowest BCUT2D eigenvalue weighted by Gasteiger charge is -2.19. The van der Waals surface area contributed by atoms with Gasteiger partial charge in [0.15, 0.2) is 0 Å². The first kappa shape index (κ1) is 13.9. The molecule has 3 amide bonds. The molecule has 1 aromatic rings. The van der Waals surface area contributed by atoms with Crippen molar-refractivity contribution in [3.63, 3.8) is 0 Å². The lowest BCUT2D eigenvalue weighted by Crippen LogP contribution is -2.40. The van der Waals surface area contributed by atoms with Gasteiger partial charge in [-0.15, -0.1) is 0 Å². The molecule has 0 aromatic carbocycles. The molecule has 0 radical (unpaired) electrons. The van der Waals surface area contributed by atoms with E-state index in [-0.39, 0.29) is 16.9 Å². The Morgan fingerprint density at radius 2 is 2.21 bits per heavy atom. The van der Waals surface area contributed by atoms with Crippen LogP contribution in [0.1, 0.15) is 12.5 Å². The molecule has 1 N–H and O–H groups in total. The van der Waals surface area contributed by atoms with Crippen LogP contribution >= 0.6 is 23.2 Å². The average molecular weight is 303 g/mol. The third-order valence-electron chi connectivity index (χ3n) is 2.99. The molecule has 1 aliphatic heterocycles. The van der Waals surface area contributed by atoms with Crippen molar-refractivity contribution in [1.29, 1.82) is 0 Å². The third kappa shape index (κ3) is 2.46. The van der Waals surface area contributed by atoms with Crippen LogP contribution in [0.25, 0.3) is 0 Å². The number of aromatic nitrogens is 2. The van der Waals surface area contributed by atoms with E-state index in [2.05, 4.69) is 10.4 Å². The zero-order chi connectivity index (χ0) is 14.2. The lowest BCUT2D eigenvalue weighted by molar-refractivity contribution is -0.130. The fraction of sp³-hybridized carbons (Fsp3) is 0.364. The minimum Gasteiger partial charge on any atom is -0.319 e. The predicted octanol–water partition coefficient (Wildman–Crippen LogP) is 1.51. The van der Waals surface area contributed by atoms with Crippen molar-refractivity contribution in [2.24, 2.45) is 7.05 Å². The molecule has 6 nitrogen and oxygen atoms in total. The summed E-state index contributed by atoms with van der Waals surface area (Å²) in [6.45, 7) is 1.67. The summed E-state index contributed by atoms with van der Waals surface area (Å²) in [5, 5.41) is 6.66. The van der Waals surface area contributed by atoms with E-state index in [4.69, 9.17) is 23.2 Å². The van der Waals surface area contributed by atoms with E-state index in [0.29, 0.717) is 5.56 Å². The smallest absolute Gasteiger partial charge is 0.319 e. The molecule has 1 aromatic heterocycles. The van der Waals surface area contributed by atoms with Crippen LogP contribution in [0.5, 0.6) is 0 Å². The topological polar surface area (TPSA) is 67.2 Å². The second-order valence-corrected chi connectivity index (χ2v) is 5.38. The summed E-state index contributed by atoms with van der Waals surface area (Å²) < 4.78 is 1.58. The normalized spacial score (nSPS) is 22.6. The molecule has 1 aliphatic rings. The molecule has 0 spiro atoms. The Morgan fingerprint density at radius 1 is 1.53 bits per heavy atom. The van der Waals surface area contributed by atoms with Crippen LogP contribution in [0.15, 0.2) is 23.0 Å². The van der Waals surface area contributed by atoms with E-state index >= 15 is 0 Å². The number of aryl methyl sites for hydroxylation is 1. The average Bonchev–Trinajstić information content (AvgIpc) is 2.83. The first-order valence-electron chi connectivity index (χ1n) is 5.49. The highest BCUT2D eigenvalue weighted by Gasteiger charge is 2.49. The molecule has 1 unspecified atom stereocenters. The minimum absolute atomic E-state index is 0.00980. The summed E-state index contributed by atoms with van der Waals surface area (Å²) in [5.41, 5.74) is -0.491. The number of nitrogens with one attached hydrogen (secondary N) is 1. The summed E-state index contributed by atoms with van der Waals surface area (Å²) in [6, 6.07) is -0.484. The summed E-state index contributed by atoms with van der Waals surface area (Å²) in [5.74, 6) is -0.365. The van der Waals surface area contributed by atoms with Gasteiger partial charge in [-0.1, -0.05) is 23.2 Å². The molecule has 2 rings (SSSR count). The summed E-state index contributed by atoms with van der Waals surface area (Å²) in [4.78, 5) is 25.2. The molecular formula is C11H12Cl2N4O2. The molecule has 0 aliphatic carbocycles. The van der Waals surface area contributed by atoms with Gasteiger partial charge in [0.25, 0.3) is 5.91 Å². The van der Waals surface area contributed by atoms with Gasteiger partial charge >= 0.3 is 6.03 Å². The summed E-state index contributed by atoms with van der Waals surface area (Å²) in [7, 11) is 1.74. The fourth-order valence-corrected chi connectivity index (χ4v) is 2.04. The molecule has 0 saturated carbocycles. The van der Waals surface area contributed by atoms with Gasteiger partial charge in [-0.05, 0) is 13.0 Å². The van der Waals surface area contributed by atoms with Gasteiger partial charge < -0.3 is 5.32 Å². The van der Waals surface area contributed by atoms with Gasteiger partial charge in [0.05, 0.1) is 12.7 Å². The zero-order valence-corrected chi connectivity index (χ0v) is 11.9. The van der Waals surface area contributed by atoms with Crippen LogP contribution in [0.3, 0.4) is 0 Å². The molecule has 0 bridgehead atoms. The van der Waals surface area contributed by atoms with Gasteiger partial charge in [0, 0.05) is 18.8 Å². The van der Waals surface area contributed by atoms with Crippen molar-refractivity contribution in [2.75, 3.05) is 6.54 Å². The largest absolute Gasteiger partial charge is 0.325 e. The maximum Gasteiger partial charge on any atom is 0.325 e. The van der Waals surface area contributed by atoms with Crippen molar-refractivity contribution in [3.05, 3.63) is 28.5 Å². The first-order valence-corrected chi connectivity index (χ1v) is 6.24. The fourth-order valence-electron chi connectivity index (χ4n) is 1.90. The number of hydrogen-bond acceptors (Lipinski definition) is 3. The number of carbonyl (C=O) groups is 2. The van der Waals surface area contributed by atoms with Crippen molar-refractivity contribution in [2.45, 2.75) is 12.5 Å². The van der Waals surface area contributed by atoms with Crippen LogP contribution in [-0.2, 0) is 17.4 Å². The van der Waals surface area contributed by atoms with Crippen molar-refractivity contribution in [1.82, 2.24) is 20.0 Å². The standard InChI is InChI=1S/C11H12Cl2N4O2/c1-11(7-5-14-16(2)6-7)9(18)17(10(19)15-11)4-3-8(12)13/h3,5-6H,4H2,1-2H3,(H,15,19). The maximum atomic E-state index is 12.4. The van der Waals surface area contributed by atoms with E-state index in [1.54, 1.807) is 31.0 Å². The van der Waals surface area contributed by atoms with Gasteiger partial charge in [0.2, 0.25) is 0 Å². The predicted molar refractivity (Wildman–Crippen MR) is 70.6 cm³/mol. The molecular weight excluding hydrogens is 291 g/mol. The number of urea groups is 1. The molecule has 19 heavy (non-hydrogen) atoms. The number of imide groups is 1. The molecule has 1 atom stereocenters. The summed E-state index contributed by atoms with van der Waals surface area (Å²) in [6.07, 6.45) is 4.62. The second kappa shape index (κ2) is 4.86. The van der Waals surface area contributed by atoms with Crippen molar-refractivity contribution < 1.29 is 9.59 Å². The monoisotopic (exact) mass is 302 g/mol. The Morgan fingerprint density at radius 3 is 2.74 bits per heavy atom. The van der Waals surface area contributed by atoms with Crippen LogP contribution in [0.2, 0.25) is 0 Å². The Kier molecular flexibility index (Phi) is 3.56. The molecule has 2 heterocycles. The number of amides is 3. The van der Waals surface area contributed by atoms with Crippen molar-refractivity contribution >= 4 is 35.1 Å². The number of carbonyl (C=O) groups excluding carboxylic acids is 2. The molecule has 1 saturated heterocycles. The quantitative estimate of drug-likeness (QED) is 0.861. The highest BCUT2D eigenvalue weighted by atomic mass is 35.5.